The summed E-state index contributed by atoms with van der Waals surface area (Å²) in [5, 5.41) is 12.2. The molecule has 0 fully saturated rings. The lowest BCUT2D eigenvalue weighted by Crippen LogP contribution is -2.26. The van der Waals surface area contributed by atoms with Crippen molar-refractivity contribution in [2.24, 2.45) is 0 Å². The molecule has 1 aromatic carbocycles. The normalized spacial score (nSPS) is 10.9. The van der Waals surface area contributed by atoms with E-state index in [2.05, 4.69) is 5.32 Å². The van der Waals surface area contributed by atoms with Crippen molar-refractivity contribution in [1.82, 2.24) is 5.32 Å². The van der Waals surface area contributed by atoms with Crippen LogP contribution >= 0.6 is 11.6 Å². The van der Waals surface area contributed by atoms with Crippen LogP contribution in [0.4, 0.5) is 0 Å². The fourth-order valence-electron chi connectivity index (χ4n) is 1.96. The zero-order valence-corrected chi connectivity index (χ0v) is 14.8. The van der Waals surface area contributed by atoms with Crippen molar-refractivity contribution >= 4 is 23.6 Å². The number of amides is 1. The number of hydrogen-bond donors (Lipinski definition) is 1. The van der Waals surface area contributed by atoms with Gasteiger partial charge in [-0.3, -0.25) is 4.79 Å². The number of rotatable bonds is 9. The average Bonchev–Trinajstić information content (AvgIpc) is 2.56. The summed E-state index contributed by atoms with van der Waals surface area (Å²) in [6.07, 6.45) is 2.13. The highest BCUT2D eigenvalue weighted by atomic mass is 35.5. The van der Waals surface area contributed by atoms with Crippen LogP contribution in [0.2, 0.25) is 5.02 Å². The molecule has 1 rings (SSSR count). The SMILES string of the molecule is CCOc1cc(/C=C(\C#N)C(=O)NCCCOC)cc(Cl)c1OC. The van der Waals surface area contributed by atoms with Gasteiger partial charge in [0.25, 0.3) is 5.91 Å². The topological polar surface area (TPSA) is 80.6 Å². The predicted octanol–water partition coefficient (Wildman–Crippen LogP) is 2.81. The number of carbonyl (C=O) groups is 1. The Labute approximate surface area is 147 Å². The molecule has 1 aromatic rings. The molecule has 1 amide bonds. The van der Waals surface area contributed by atoms with Gasteiger partial charge < -0.3 is 19.5 Å². The second kappa shape index (κ2) is 10.5. The summed E-state index contributed by atoms with van der Waals surface area (Å²) in [4.78, 5) is 12.0. The van der Waals surface area contributed by atoms with E-state index in [-0.39, 0.29) is 5.57 Å². The molecule has 0 heterocycles. The fourth-order valence-corrected chi connectivity index (χ4v) is 2.26. The molecule has 7 heteroatoms. The van der Waals surface area contributed by atoms with Crippen LogP contribution in [0.3, 0.4) is 0 Å². The van der Waals surface area contributed by atoms with E-state index in [1.807, 2.05) is 13.0 Å². The largest absolute Gasteiger partial charge is 0.491 e. The molecule has 130 valence electrons. The maximum atomic E-state index is 12.0. The van der Waals surface area contributed by atoms with Gasteiger partial charge in [0.15, 0.2) is 11.5 Å². The third-order valence-electron chi connectivity index (χ3n) is 3.02. The van der Waals surface area contributed by atoms with Crippen LogP contribution in [0.1, 0.15) is 18.9 Å². The number of halogens is 1. The first-order chi connectivity index (χ1) is 11.6. The zero-order valence-electron chi connectivity index (χ0n) is 14.0. The van der Waals surface area contributed by atoms with Crippen molar-refractivity contribution < 1.29 is 19.0 Å². The van der Waals surface area contributed by atoms with Crippen molar-refractivity contribution in [3.63, 3.8) is 0 Å². The third-order valence-corrected chi connectivity index (χ3v) is 3.30. The highest BCUT2D eigenvalue weighted by Gasteiger charge is 2.13. The summed E-state index contributed by atoms with van der Waals surface area (Å²) >= 11 is 6.16. The van der Waals surface area contributed by atoms with E-state index in [0.29, 0.717) is 48.3 Å². The molecule has 0 saturated heterocycles. The van der Waals surface area contributed by atoms with Crippen LogP contribution in [0.25, 0.3) is 6.08 Å². The van der Waals surface area contributed by atoms with Gasteiger partial charge in [0, 0.05) is 20.3 Å². The van der Waals surface area contributed by atoms with Crippen LogP contribution in [0.15, 0.2) is 17.7 Å². The van der Waals surface area contributed by atoms with E-state index in [1.54, 1.807) is 19.2 Å². The van der Waals surface area contributed by atoms with Gasteiger partial charge in [-0.15, -0.1) is 0 Å². The van der Waals surface area contributed by atoms with Crippen LogP contribution in [-0.2, 0) is 9.53 Å². The van der Waals surface area contributed by atoms with E-state index in [4.69, 9.17) is 25.8 Å². The fraction of sp³-hybridized carbons (Fsp3) is 0.412. The minimum atomic E-state index is -0.446. The minimum Gasteiger partial charge on any atom is -0.491 e. The highest BCUT2D eigenvalue weighted by Crippen LogP contribution is 2.36. The molecule has 0 radical (unpaired) electrons. The third kappa shape index (κ3) is 5.76. The molecule has 24 heavy (non-hydrogen) atoms. The van der Waals surface area contributed by atoms with Crippen molar-refractivity contribution in [1.29, 1.82) is 5.26 Å². The number of ether oxygens (including phenoxy) is 3. The second-order valence-corrected chi connectivity index (χ2v) is 5.15. The number of carbonyl (C=O) groups excluding carboxylic acids is 1. The van der Waals surface area contributed by atoms with Crippen molar-refractivity contribution in [2.75, 3.05) is 34.0 Å². The molecule has 0 atom stereocenters. The van der Waals surface area contributed by atoms with Crippen LogP contribution in [0, 0.1) is 11.3 Å². The van der Waals surface area contributed by atoms with Crippen LogP contribution in [-0.4, -0.2) is 39.9 Å². The first-order valence-electron chi connectivity index (χ1n) is 7.46. The maximum absolute atomic E-state index is 12.0. The second-order valence-electron chi connectivity index (χ2n) is 4.74. The summed E-state index contributed by atoms with van der Waals surface area (Å²) in [7, 11) is 3.08. The first kappa shape index (κ1) is 19.8. The highest BCUT2D eigenvalue weighted by molar-refractivity contribution is 6.32. The standard InChI is InChI=1S/C17H21ClN2O4/c1-4-24-15-10-12(9-14(18)16(15)23-3)8-13(11-19)17(21)20-6-5-7-22-2/h8-10H,4-7H2,1-3H3,(H,20,21)/b13-8+. The van der Waals surface area contributed by atoms with Gasteiger partial charge in [0.1, 0.15) is 11.6 Å². The van der Waals surface area contributed by atoms with Gasteiger partial charge in [-0.2, -0.15) is 5.26 Å². The van der Waals surface area contributed by atoms with Gasteiger partial charge >= 0.3 is 0 Å². The summed E-state index contributed by atoms with van der Waals surface area (Å²) < 4.78 is 15.6. The van der Waals surface area contributed by atoms with Gasteiger partial charge in [0.05, 0.1) is 18.7 Å². The molecular formula is C17H21ClN2O4. The molecule has 0 aromatic heterocycles. The molecule has 0 bridgehead atoms. The number of nitrogens with zero attached hydrogens (tertiary/aromatic N) is 1. The Morgan fingerprint density at radius 1 is 1.42 bits per heavy atom. The van der Waals surface area contributed by atoms with Crippen LogP contribution < -0.4 is 14.8 Å². The molecule has 0 aliphatic heterocycles. The van der Waals surface area contributed by atoms with E-state index < -0.39 is 5.91 Å². The van der Waals surface area contributed by atoms with Crippen molar-refractivity contribution in [3.05, 3.63) is 28.3 Å². The molecule has 6 nitrogen and oxygen atoms in total. The quantitative estimate of drug-likeness (QED) is 0.420. The van der Waals surface area contributed by atoms with Gasteiger partial charge in [-0.05, 0) is 37.1 Å². The van der Waals surface area contributed by atoms with E-state index in [0.717, 1.165) is 0 Å². The van der Waals surface area contributed by atoms with Crippen molar-refractivity contribution in [2.45, 2.75) is 13.3 Å². The Morgan fingerprint density at radius 3 is 2.75 bits per heavy atom. The molecule has 0 aliphatic rings. The predicted molar refractivity (Wildman–Crippen MR) is 92.3 cm³/mol. The molecular weight excluding hydrogens is 332 g/mol. The summed E-state index contributed by atoms with van der Waals surface area (Å²) in [6.45, 7) is 3.24. The molecule has 0 saturated carbocycles. The molecule has 0 spiro atoms. The van der Waals surface area contributed by atoms with Gasteiger partial charge in [-0.1, -0.05) is 11.6 Å². The Bertz CT molecular complexity index is 638. The average molecular weight is 353 g/mol. The smallest absolute Gasteiger partial charge is 0.261 e. The van der Waals surface area contributed by atoms with Crippen LogP contribution in [0.5, 0.6) is 11.5 Å². The molecule has 0 aliphatic carbocycles. The zero-order chi connectivity index (χ0) is 17.9. The number of methoxy groups -OCH3 is 2. The van der Waals surface area contributed by atoms with E-state index >= 15 is 0 Å². The molecule has 0 unspecified atom stereocenters. The van der Waals surface area contributed by atoms with Gasteiger partial charge in [0.2, 0.25) is 0 Å². The lowest BCUT2D eigenvalue weighted by molar-refractivity contribution is -0.117. The van der Waals surface area contributed by atoms with Crippen molar-refractivity contribution in [3.8, 4) is 17.6 Å². The lowest BCUT2D eigenvalue weighted by Gasteiger charge is -2.12. The van der Waals surface area contributed by atoms with Gasteiger partial charge in [-0.25, -0.2) is 0 Å². The Kier molecular flexibility index (Phi) is 8.69. The summed E-state index contributed by atoms with van der Waals surface area (Å²) in [5.74, 6) is 0.424. The van der Waals surface area contributed by atoms with E-state index in [9.17, 15) is 10.1 Å². The lowest BCUT2D eigenvalue weighted by atomic mass is 10.1. The maximum Gasteiger partial charge on any atom is 0.261 e. The number of benzene rings is 1. The summed E-state index contributed by atoms with van der Waals surface area (Å²) in [5.41, 5.74) is 0.559. The monoisotopic (exact) mass is 352 g/mol. The Hall–Kier alpha value is -2.23. The Morgan fingerprint density at radius 2 is 2.17 bits per heavy atom. The number of hydrogen-bond acceptors (Lipinski definition) is 5. The Balaban J connectivity index is 2.99. The number of nitrogens with one attached hydrogen (secondary N) is 1. The minimum absolute atomic E-state index is 0.0175. The summed E-state index contributed by atoms with van der Waals surface area (Å²) in [6, 6.07) is 5.17. The number of nitriles is 1. The molecule has 1 N–H and O–H groups in total. The van der Waals surface area contributed by atoms with E-state index in [1.165, 1.54) is 13.2 Å². The first-order valence-corrected chi connectivity index (χ1v) is 7.84.